The van der Waals surface area contributed by atoms with Crippen LogP contribution in [0.3, 0.4) is 0 Å². The molecule has 3 aromatic rings. The molecule has 3 rings (SSSR count). The van der Waals surface area contributed by atoms with Crippen LogP contribution in [0.1, 0.15) is 5.56 Å². The summed E-state index contributed by atoms with van der Waals surface area (Å²) in [5, 5.41) is 12.0. The molecular weight excluding hydrogens is 314 g/mol. The summed E-state index contributed by atoms with van der Waals surface area (Å²) in [7, 11) is 3.15. The molecule has 0 unspecified atom stereocenters. The number of hydrogen-bond acceptors (Lipinski definition) is 4. The Bertz CT molecular complexity index is 832. The average molecular weight is 332 g/mol. The van der Waals surface area contributed by atoms with Gasteiger partial charge in [0.25, 0.3) is 0 Å². The number of rotatable bonds is 3. The SMILES string of the molecule is COc1ccc2c(O)c(-c3ccc(C)cc3)ncc2c1OC.Cl. The molecule has 0 bridgehead atoms. The maximum Gasteiger partial charge on any atom is 0.170 e. The van der Waals surface area contributed by atoms with Crippen LogP contribution in [-0.4, -0.2) is 24.3 Å². The number of aryl methyl sites for hydroxylation is 1. The predicted octanol–water partition coefficient (Wildman–Crippen LogP) is 4.35. The second-order valence-corrected chi connectivity index (χ2v) is 5.08. The van der Waals surface area contributed by atoms with Crippen molar-refractivity contribution in [1.82, 2.24) is 4.98 Å². The minimum absolute atomic E-state index is 0. The topological polar surface area (TPSA) is 51.6 Å². The summed E-state index contributed by atoms with van der Waals surface area (Å²) in [6.07, 6.45) is 1.70. The Labute approximate surface area is 141 Å². The highest BCUT2D eigenvalue weighted by Gasteiger charge is 2.15. The fourth-order valence-electron chi connectivity index (χ4n) is 2.53. The van der Waals surface area contributed by atoms with Crippen molar-refractivity contribution in [3.63, 3.8) is 0 Å². The minimum atomic E-state index is 0. The van der Waals surface area contributed by atoms with Crippen LogP contribution in [0.15, 0.2) is 42.6 Å². The zero-order chi connectivity index (χ0) is 15.7. The summed E-state index contributed by atoms with van der Waals surface area (Å²) >= 11 is 0. The first-order chi connectivity index (χ1) is 10.7. The molecule has 0 aliphatic carbocycles. The van der Waals surface area contributed by atoms with E-state index in [1.807, 2.05) is 37.3 Å². The number of hydrogen-bond donors (Lipinski definition) is 1. The smallest absolute Gasteiger partial charge is 0.170 e. The predicted molar refractivity (Wildman–Crippen MR) is 93.9 cm³/mol. The Morgan fingerprint density at radius 2 is 1.61 bits per heavy atom. The summed E-state index contributed by atoms with van der Waals surface area (Å²) in [5.41, 5.74) is 2.59. The number of pyridine rings is 1. The van der Waals surface area contributed by atoms with E-state index in [1.54, 1.807) is 26.5 Å². The summed E-state index contributed by atoms with van der Waals surface area (Å²) in [6.45, 7) is 2.02. The van der Waals surface area contributed by atoms with Crippen LogP contribution in [0.2, 0.25) is 0 Å². The zero-order valence-corrected chi connectivity index (χ0v) is 14.0. The fourth-order valence-corrected chi connectivity index (χ4v) is 2.53. The van der Waals surface area contributed by atoms with Crippen molar-refractivity contribution in [2.24, 2.45) is 0 Å². The molecule has 120 valence electrons. The standard InChI is InChI=1S/C18H17NO3.ClH/c1-11-4-6-12(7-5-11)16-17(20)13-8-9-15(21-2)18(22-3)14(13)10-19-16;/h4-10,20H,1-3H3;1H. The molecule has 1 aromatic heterocycles. The second kappa shape index (κ2) is 6.75. The van der Waals surface area contributed by atoms with Gasteiger partial charge in [0.1, 0.15) is 11.4 Å². The molecule has 1 N–H and O–H groups in total. The van der Waals surface area contributed by atoms with Crippen LogP contribution in [0.5, 0.6) is 17.2 Å². The minimum Gasteiger partial charge on any atom is -0.505 e. The number of aromatic nitrogens is 1. The first-order valence-electron chi connectivity index (χ1n) is 6.95. The van der Waals surface area contributed by atoms with Crippen molar-refractivity contribution in [3.05, 3.63) is 48.2 Å². The van der Waals surface area contributed by atoms with E-state index >= 15 is 0 Å². The van der Waals surface area contributed by atoms with E-state index in [0.29, 0.717) is 22.6 Å². The first-order valence-corrected chi connectivity index (χ1v) is 6.95. The number of halogens is 1. The van der Waals surface area contributed by atoms with Gasteiger partial charge in [-0.05, 0) is 19.1 Å². The third kappa shape index (κ3) is 2.90. The van der Waals surface area contributed by atoms with Gasteiger partial charge in [0, 0.05) is 22.5 Å². The van der Waals surface area contributed by atoms with Gasteiger partial charge in [-0.1, -0.05) is 29.8 Å². The molecule has 1 heterocycles. The Morgan fingerprint density at radius 3 is 2.22 bits per heavy atom. The lowest BCUT2D eigenvalue weighted by molar-refractivity contribution is 0.358. The van der Waals surface area contributed by atoms with Gasteiger partial charge in [-0.15, -0.1) is 12.4 Å². The maximum absolute atomic E-state index is 10.6. The molecule has 0 aliphatic rings. The van der Waals surface area contributed by atoms with Crippen molar-refractivity contribution in [2.45, 2.75) is 6.92 Å². The lowest BCUT2D eigenvalue weighted by atomic mass is 10.0. The third-order valence-corrected chi connectivity index (χ3v) is 3.71. The Morgan fingerprint density at radius 1 is 0.913 bits per heavy atom. The van der Waals surface area contributed by atoms with Gasteiger partial charge in [0.15, 0.2) is 11.5 Å². The number of nitrogens with zero attached hydrogens (tertiary/aromatic N) is 1. The summed E-state index contributed by atoms with van der Waals surface area (Å²) in [5.74, 6) is 1.32. The van der Waals surface area contributed by atoms with Gasteiger partial charge in [0.05, 0.1) is 14.2 Å². The monoisotopic (exact) mass is 331 g/mol. The highest BCUT2D eigenvalue weighted by Crippen LogP contribution is 2.41. The molecule has 0 saturated carbocycles. The molecule has 0 aliphatic heterocycles. The van der Waals surface area contributed by atoms with Gasteiger partial charge in [-0.3, -0.25) is 4.98 Å². The van der Waals surface area contributed by atoms with Crippen molar-refractivity contribution in [1.29, 1.82) is 0 Å². The molecule has 0 amide bonds. The molecule has 23 heavy (non-hydrogen) atoms. The van der Waals surface area contributed by atoms with Crippen LogP contribution in [-0.2, 0) is 0 Å². The van der Waals surface area contributed by atoms with E-state index in [2.05, 4.69) is 4.98 Å². The lowest BCUT2D eigenvalue weighted by Crippen LogP contribution is -1.93. The average Bonchev–Trinajstić information content (AvgIpc) is 2.55. The first kappa shape index (κ1) is 16.9. The molecular formula is C18H18ClNO3. The number of benzene rings is 2. The Balaban J connectivity index is 0.00000192. The number of methoxy groups -OCH3 is 2. The zero-order valence-electron chi connectivity index (χ0n) is 13.2. The van der Waals surface area contributed by atoms with Gasteiger partial charge in [-0.2, -0.15) is 0 Å². The highest BCUT2D eigenvalue weighted by molar-refractivity contribution is 5.97. The molecule has 5 heteroatoms. The van der Waals surface area contributed by atoms with Gasteiger partial charge in [-0.25, -0.2) is 0 Å². The largest absolute Gasteiger partial charge is 0.505 e. The van der Waals surface area contributed by atoms with E-state index in [1.165, 1.54) is 0 Å². The maximum atomic E-state index is 10.6. The molecule has 0 fully saturated rings. The molecule has 4 nitrogen and oxygen atoms in total. The fraction of sp³-hybridized carbons (Fsp3) is 0.167. The van der Waals surface area contributed by atoms with Crippen molar-refractivity contribution < 1.29 is 14.6 Å². The molecule has 0 saturated heterocycles. The van der Waals surface area contributed by atoms with E-state index in [4.69, 9.17) is 9.47 Å². The van der Waals surface area contributed by atoms with Crippen LogP contribution >= 0.6 is 12.4 Å². The quantitative estimate of drug-likeness (QED) is 0.775. The van der Waals surface area contributed by atoms with E-state index in [0.717, 1.165) is 16.5 Å². The molecule has 0 radical (unpaired) electrons. The van der Waals surface area contributed by atoms with Crippen LogP contribution in [0, 0.1) is 6.92 Å². The van der Waals surface area contributed by atoms with Crippen molar-refractivity contribution in [2.75, 3.05) is 14.2 Å². The summed E-state index contributed by atoms with van der Waals surface area (Å²) in [6, 6.07) is 11.5. The van der Waals surface area contributed by atoms with Crippen LogP contribution < -0.4 is 9.47 Å². The molecule has 2 aromatic carbocycles. The van der Waals surface area contributed by atoms with Gasteiger partial charge >= 0.3 is 0 Å². The van der Waals surface area contributed by atoms with E-state index in [9.17, 15) is 5.11 Å². The van der Waals surface area contributed by atoms with Gasteiger partial charge < -0.3 is 14.6 Å². The van der Waals surface area contributed by atoms with E-state index in [-0.39, 0.29) is 18.2 Å². The number of fused-ring (bicyclic) bond motifs is 1. The number of aromatic hydroxyl groups is 1. The Hall–Kier alpha value is -2.46. The highest BCUT2D eigenvalue weighted by atomic mass is 35.5. The van der Waals surface area contributed by atoms with Crippen molar-refractivity contribution >= 4 is 23.2 Å². The second-order valence-electron chi connectivity index (χ2n) is 5.08. The summed E-state index contributed by atoms with van der Waals surface area (Å²) in [4.78, 5) is 4.40. The summed E-state index contributed by atoms with van der Waals surface area (Å²) < 4.78 is 10.7. The third-order valence-electron chi connectivity index (χ3n) is 3.71. The number of ether oxygens (including phenoxy) is 2. The Kier molecular flexibility index (Phi) is 4.96. The molecule has 0 atom stereocenters. The lowest BCUT2D eigenvalue weighted by Gasteiger charge is -2.13. The van der Waals surface area contributed by atoms with Gasteiger partial charge in [0.2, 0.25) is 0 Å². The van der Waals surface area contributed by atoms with Crippen LogP contribution in [0.25, 0.3) is 22.0 Å². The van der Waals surface area contributed by atoms with Crippen molar-refractivity contribution in [3.8, 4) is 28.5 Å². The normalized spacial score (nSPS) is 10.2. The van der Waals surface area contributed by atoms with E-state index < -0.39 is 0 Å². The van der Waals surface area contributed by atoms with Crippen LogP contribution in [0.4, 0.5) is 0 Å². The molecule has 0 spiro atoms.